The number of rotatable bonds is 6. The molecule has 0 spiro atoms. The van der Waals surface area contributed by atoms with Gasteiger partial charge in [0.05, 0.1) is 6.10 Å². The monoisotopic (exact) mass is 291 g/mol. The Kier molecular flexibility index (Phi) is 5.42. The highest BCUT2D eigenvalue weighted by Gasteiger charge is 2.12. The van der Waals surface area contributed by atoms with Crippen LogP contribution in [0.2, 0.25) is 0 Å². The summed E-state index contributed by atoms with van der Waals surface area (Å²) in [5.41, 5.74) is 2.58. The Morgan fingerprint density at radius 1 is 1.14 bits per heavy atom. The molecule has 0 aliphatic heterocycles. The Labute approximate surface area is 123 Å². The average Bonchev–Trinajstić information content (AvgIpc) is 2.45. The lowest BCUT2D eigenvalue weighted by molar-refractivity contribution is 0.170. The third kappa shape index (κ3) is 4.34. The number of hydrogen-bond acceptors (Lipinski definition) is 2. The Bertz CT molecular complexity index is 601. The quantitative estimate of drug-likeness (QED) is 0.801. The lowest BCUT2D eigenvalue weighted by Crippen LogP contribution is -2.24. The predicted octanol–water partition coefficient (Wildman–Crippen LogP) is 3.14. The summed E-state index contributed by atoms with van der Waals surface area (Å²) in [6.07, 6.45) is -0.145. The van der Waals surface area contributed by atoms with Gasteiger partial charge in [-0.3, -0.25) is 0 Å². The first-order valence-electron chi connectivity index (χ1n) is 6.96. The molecule has 2 aromatic carbocycles. The fourth-order valence-corrected chi connectivity index (χ4v) is 2.23. The van der Waals surface area contributed by atoms with Crippen molar-refractivity contribution in [2.75, 3.05) is 13.1 Å². The molecule has 0 heterocycles. The van der Waals surface area contributed by atoms with E-state index in [0.29, 0.717) is 6.54 Å². The van der Waals surface area contributed by atoms with Crippen molar-refractivity contribution in [2.24, 2.45) is 0 Å². The number of benzene rings is 2. The van der Waals surface area contributed by atoms with Crippen molar-refractivity contribution in [3.8, 4) is 0 Å². The maximum atomic E-state index is 13.5. The van der Waals surface area contributed by atoms with Crippen molar-refractivity contribution in [2.45, 2.75) is 19.4 Å². The van der Waals surface area contributed by atoms with Crippen LogP contribution < -0.4 is 5.32 Å². The zero-order valence-electron chi connectivity index (χ0n) is 11.9. The second-order valence-electron chi connectivity index (χ2n) is 5.06. The van der Waals surface area contributed by atoms with Crippen molar-refractivity contribution in [3.05, 3.63) is 70.8 Å². The standard InChI is InChI=1S/C17H19F2NO/c1-12-4-2-3-5-13(12)8-9-20-11-17(21)15-7-6-14(18)10-16(15)19/h2-7,10,17,20-21H,8-9,11H2,1H3. The van der Waals surface area contributed by atoms with Crippen molar-refractivity contribution >= 4 is 0 Å². The van der Waals surface area contributed by atoms with Crippen LogP contribution in [-0.4, -0.2) is 18.2 Å². The van der Waals surface area contributed by atoms with Gasteiger partial charge in [-0.15, -0.1) is 0 Å². The topological polar surface area (TPSA) is 32.3 Å². The number of hydrogen-bond donors (Lipinski definition) is 2. The van der Waals surface area contributed by atoms with Crippen LogP contribution in [0.4, 0.5) is 8.78 Å². The molecule has 2 nitrogen and oxygen atoms in total. The molecular weight excluding hydrogens is 272 g/mol. The fraction of sp³-hybridized carbons (Fsp3) is 0.294. The van der Waals surface area contributed by atoms with E-state index < -0.39 is 17.7 Å². The summed E-state index contributed by atoms with van der Waals surface area (Å²) in [5, 5.41) is 13.0. The molecular formula is C17H19F2NO. The number of halogens is 2. The maximum absolute atomic E-state index is 13.5. The summed E-state index contributed by atoms with van der Waals surface area (Å²) in [5.74, 6) is -1.36. The van der Waals surface area contributed by atoms with E-state index in [1.807, 2.05) is 12.1 Å². The van der Waals surface area contributed by atoms with Gasteiger partial charge in [0.25, 0.3) is 0 Å². The lowest BCUT2D eigenvalue weighted by Gasteiger charge is -2.13. The van der Waals surface area contributed by atoms with Crippen molar-refractivity contribution < 1.29 is 13.9 Å². The Morgan fingerprint density at radius 2 is 1.90 bits per heavy atom. The molecule has 0 saturated carbocycles. The van der Waals surface area contributed by atoms with E-state index >= 15 is 0 Å². The molecule has 0 bridgehead atoms. The van der Waals surface area contributed by atoms with Gasteiger partial charge in [0.1, 0.15) is 11.6 Å². The smallest absolute Gasteiger partial charge is 0.131 e. The van der Waals surface area contributed by atoms with E-state index in [1.54, 1.807) is 0 Å². The number of nitrogens with one attached hydrogen (secondary N) is 1. The zero-order chi connectivity index (χ0) is 15.2. The highest BCUT2D eigenvalue weighted by molar-refractivity contribution is 5.25. The average molecular weight is 291 g/mol. The summed E-state index contributed by atoms with van der Waals surface area (Å²) in [7, 11) is 0. The summed E-state index contributed by atoms with van der Waals surface area (Å²) < 4.78 is 26.3. The van der Waals surface area contributed by atoms with E-state index in [0.717, 1.165) is 18.6 Å². The van der Waals surface area contributed by atoms with Gasteiger partial charge in [-0.05, 0) is 37.1 Å². The first-order valence-corrected chi connectivity index (χ1v) is 6.96. The minimum absolute atomic E-state index is 0.111. The highest BCUT2D eigenvalue weighted by Crippen LogP contribution is 2.17. The van der Waals surface area contributed by atoms with Gasteiger partial charge in [-0.1, -0.05) is 30.3 Å². The summed E-state index contributed by atoms with van der Waals surface area (Å²) in [4.78, 5) is 0. The lowest BCUT2D eigenvalue weighted by atomic mass is 10.1. The predicted molar refractivity (Wildman–Crippen MR) is 79.1 cm³/mol. The number of aliphatic hydroxyl groups is 1. The second-order valence-corrected chi connectivity index (χ2v) is 5.06. The molecule has 1 atom stereocenters. The van der Waals surface area contributed by atoms with E-state index in [-0.39, 0.29) is 12.1 Å². The summed E-state index contributed by atoms with van der Waals surface area (Å²) in [6.45, 7) is 2.97. The summed E-state index contributed by atoms with van der Waals surface area (Å²) in [6, 6.07) is 11.3. The third-order valence-corrected chi connectivity index (χ3v) is 3.49. The zero-order valence-corrected chi connectivity index (χ0v) is 11.9. The van der Waals surface area contributed by atoms with Gasteiger partial charge in [0.15, 0.2) is 0 Å². The van der Waals surface area contributed by atoms with Crippen molar-refractivity contribution in [1.82, 2.24) is 5.32 Å². The molecule has 0 saturated heterocycles. The molecule has 2 N–H and O–H groups in total. The molecule has 1 unspecified atom stereocenters. The molecule has 4 heteroatoms. The maximum Gasteiger partial charge on any atom is 0.131 e. The van der Waals surface area contributed by atoms with Crippen molar-refractivity contribution in [1.29, 1.82) is 0 Å². The van der Waals surface area contributed by atoms with Crippen LogP contribution in [0.1, 0.15) is 22.8 Å². The third-order valence-electron chi connectivity index (χ3n) is 3.49. The molecule has 0 amide bonds. The first-order chi connectivity index (χ1) is 10.1. The van der Waals surface area contributed by atoms with Gasteiger partial charge >= 0.3 is 0 Å². The van der Waals surface area contributed by atoms with Gasteiger partial charge in [-0.25, -0.2) is 8.78 Å². The molecule has 0 aliphatic rings. The van der Waals surface area contributed by atoms with E-state index in [1.165, 1.54) is 17.2 Å². The fourth-order valence-electron chi connectivity index (χ4n) is 2.23. The van der Waals surface area contributed by atoms with Crippen LogP contribution in [0.3, 0.4) is 0 Å². The Morgan fingerprint density at radius 3 is 2.62 bits per heavy atom. The highest BCUT2D eigenvalue weighted by atomic mass is 19.1. The number of aryl methyl sites for hydroxylation is 1. The van der Waals surface area contributed by atoms with Crippen LogP contribution in [0, 0.1) is 18.6 Å². The SMILES string of the molecule is Cc1ccccc1CCNCC(O)c1ccc(F)cc1F. The Balaban J connectivity index is 1.82. The molecule has 0 fully saturated rings. The minimum Gasteiger partial charge on any atom is -0.387 e. The van der Waals surface area contributed by atoms with Gasteiger partial charge in [0.2, 0.25) is 0 Å². The normalized spacial score (nSPS) is 12.4. The number of aliphatic hydroxyl groups excluding tert-OH is 1. The molecule has 2 rings (SSSR count). The van der Waals surface area contributed by atoms with E-state index in [9.17, 15) is 13.9 Å². The first kappa shape index (κ1) is 15.6. The Hall–Kier alpha value is -1.78. The van der Waals surface area contributed by atoms with Crippen LogP contribution in [-0.2, 0) is 6.42 Å². The molecule has 0 aliphatic carbocycles. The summed E-state index contributed by atoms with van der Waals surface area (Å²) >= 11 is 0. The van der Waals surface area contributed by atoms with Gasteiger partial charge in [0, 0.05) is 18.2 Å². The van der Waals surface area contributed by atoms with E-state index in [4.69, 9.17) is 0 Å². The van der Waals surface area contributed by atoms with Gasteiger partial charge in [-0.2, -0.15) is 0 Å². The van der Waals surface area contributed by atoms with Crippen LogP contribution in [0.25, 0.3) is 0 Å². The van der Waals surface area contributed by atoms with E-state index in [2.05, 4.69) is 24.4 Å². The molecule has 21 heavy (non-hydrogen) atoms. The van der Waals surface area contributed by atoms with Crippen LogP contribution >= 0.6 is 0 Å². The second kappa shape index (κ2) is 7.29. The molecule has 112 valence electrons. The van der Waals surface area contributed by atoms with Crippen LogP contribution in [0.15, 0.2) is 42.5 Å². The molecule has 2 aromatic rings. The molecule has 0 radical (unpaired) electrons. The van der Waals surface area contributed by atoms with Crippen molar-refractivity contribution in [3.63, 3.8) is 0 Å². The minimum atomic E-state index is -0.984. The molecule has 0 aromatic heterocycles. The van der Waals surface area contributed by atoms with Crippen LogP contribution in [0.5, 0.6) is 0 Å². The van der Waals surface area contributed by atoms with Gasteiger partial charge < -0.3 is 10.4 Å². The largest absolute Gasteiger partial charge is 0.387 e.